The average Bonchev–Trinajstić information content (AvgIpc) is 2.43. The highest BCUT2D eigenvalue weighted by molar-refractivity contribution is 6.07. The molecule has 2 rings (SSSR count). The van der Waals surface area contributed by atoms with Crippen LogP contribution < -0.4 is 5.32 Å². The molecule has 0 radical (unpaired) electrons. The summed E-state index contributed by atoms with van der Waals surface area (Å²) < 4.78 is 0. The second-order valence-electron chi connectivity index (χ2n) is 3.47. The highest BCUT2D eigenvalue weighted by Gasteiger charge is 2.39. The SMILES string of the molecule is CC1=N[C@@](C)(c2cccnc2)C(=O)N1. The lowest BCUT2D eigenvalue weighted by atomic mass is 9.94. The highest BCUT2D eigenvalue weighted by Crippen LogP contribution is 2.27. The number of hydrogen-bond acceptors (Lipinski definition) is 3. The van der Waals surface area contributed by atoms with Crippen molar-refractivity contribution < 1.29 is 4.79 Å². The molecule has 4 heteroatoms. The first-order valence-electron chi connectivity index (χ1n) is 4.41. The zero-order valence-corrected chi connectivity index (χ0v) is 8.11. The Bertz CT molecular complexity index is 399. The summed E-state index contributed by atoms with van der Waals surface area (Å²) in [7, 11) is 0. The fourth-order valence-corrected chi connectivity index (χ4v) is 1.55. The van der Waals surface area contributed by atoms with E-state index in [9.17, 15) is 4.79 Å². The molecule has 2 heterocycles. The van der Waals surface area contributed by atoms with Crippen molar-refractivity contribution in [1.29, 1.82) is 0 Å². The molecule has 0 spiro atoms. The minimum Gasteiger partial charge on any atom is -0.312 e. The highest BCUT2D eigenvalue weighted by atomic mass is 16.2. The Morgan fingerprint density at radius 2 is 2.29 bits per heavy atom. The molecule has 0 saturated carbocycles. The maximum absolute atomic E-state index is 11.7. The summed E-state index contributed by atoms with van der Waals surface area (Å²) in [5.41, 5.74) is 0.00701. The van der Waals surface area contributed by atoms with Gasteiger partial charge in [-0.25, -0.2) is 0 Å². The van der Waals surface area contributed by atoms with Gasteiger partial charge in [-0.05, 0) is 19.9 Å². The molecule has 1 aliphatic rings. The summed E-state index contributed by atoms with van der Waals surface area (Å²) >= 11 is 0. The fraction of sp³-hybridized carbons (Fsp3) is 0.300. The predicted octanol–water partition coefficient (Wildman–Crippen LogP) is 0.845. The molecule has 0 fully saturated rings. The minimum atomic E-state index is -0.807. The Labute approximate surface area is 82.1 Å². The number of amides is 1. The Kier molecular flexibility index (Phi) is 1.84. The molecule has 1 amide bonds. The van der Waals surface area contributed by atoms with Crippen molar-refractivity contribution in [2.45, 2.75) is 19.4 Å². The number of carbonyl (C=O) groups excluding carboxylic acids is 1. The Balaban J connectivity index is 2.48. The molecule has 0 aromatic carbocycles. The molecule has 0 bridgehead atoms. The minimum absolute atomic E-state index is 0.0944. The van der Waals surface area contributed by atoms with Crippen LogP contribution in [0.15, 0.2) is 29.5 Å². The van der Waals surface area contributed by atoms with E-state index in [1.807, 2.05) is 6.07 Å². The van der Waals surface area contributed by atoms with Crippen molar-refractivity contribution in [3.8, 4) is 0 Å². The first-order chi connectivity index (χ1) is 6.63. The Hall–Kier alpha value is -1.71. The Morgan fingerprint density at radius 3 is 2.79 bits per heavy atom. The largest absolute Gasteiger partial charge is 0.312 e. The molecule has 14 heavy (non-hydrogen) atoms. The summed E-state index contributed by atoms with van der Waals surface area (Å²) in [6.07, 6.45) is 3.35. The maximum Gasteiger partial charge on any atom is 0.257 e. The number of nitrogens with one attached hydrogen (secondary N) is 1. The number of nitrogens with zero attached hydrogens (tertiary/aromatic N) is 2. The van der Waals surface area contributed by atoms with E-state index in [2.05, 4.69) is 15.3 Å². The third-order valence-electron chi connectivity index (χ3n) is 2.35. The van der Waals surface area contributed by atoms with E-state index < -0.39 is 5.54 Å². The summed E-state index contributed by atoms with van der Waals surface area (Å²) in [4.78, 5) is 19.9. The molecule has 0 saturated heterocycles. The quantitative estimate of drug-likeness (QED) is 0.711. The molecule has 1 aromatic rings. The van der Waals surface area contributed by atoms with Crippen molar-refractivity contribution in [2.75, 3.05) is 0 Å². The molecule has 72 valence electrons. The number of aliphatic imine (C=N–C) groups is 1. The third-order valence-corrected chi connectivity index (χ3v) is 2.35. The predicted molar refractivity (Wildman–Crippen MR) is 52.8 cm³/mol. The van der Waals surface area contributed by atoms with Crippen LogP contribution in [0.25, 0.3) is 0 Å². The van der Waals surface area contributed by atoms with E-state index in [1.165, 1.54) is 0 Å². The second-order valence-corrected chi connectivity index (χ2v) is 3.47. The van der Waals surface area contributed by atoms with Crippen LogP contribution in [0.1, 0.15) is 19.4 Å². The summed E-state index contributed by atoms with van der Waals surface area (Å²) in [5, 5.41) is 2.69. The molecule has 4 nitrogen and oxygen atoms in total. The molecular formula is C10H11N3O. The van der Waals surface area contributed by atoms with E-state index in [0.29, 0.717) is 5.84 Å². The van der Waals surface area contributed by atoms with Crippen molar-refractivity contribution in [1.82, 2.24) is 10.3 Å². The van der Waals surface area contributed by atoms with Crippen LogP contribution in [0.2, 0.25) is 0 Å². The standard InChI is InChI=1S/C10H11N3O/c1-7-12-9(14)10(2,13-7)8-4-3-5-11-6-8/h3-6H,1-2H3,(H,12,13,14)/t10-/m0/s1. The number of aromatic nitrogens is 1. The zero-order valence-electron chi connectivity index (χ0n) is 8.11. The van der Waals surface area contributed by atoms with Crippen molar-refractivity contribution in [3.63, 3.8) is 0 Å². The average molecular weight is 189 g/mol. The zero-order chi connectivity index (χ0) is 10.2. The van der Waals surface area contributed by atoms with Crippen molar-refractivity contribution in [2.24, 2.45) is 4.99 Å². The lowest BCUT2D eigenvalue weighted by Gasteiger charge is -2.17. The summed E-state index contributed by atoms with van der Waals surface area (Å²) in [5.74, 6) is 0.560. The van der Waals surface area contributed by atoms with Crippen molar-refractivity contribution in [3.05, 3.63) is 30.1 Å². The number of hydrogen-bond donors (Lipinski definition) is 1. The van der Waals surface area contributed by atoms with Crippen LogP contribution in [0.3, 0.4) is 0 Å². The van der Waals surface area contributed by atoms with E-state index in [4.69, 9.17) is 0 Å². The number of carbonyl (C=O) groups is 1. The van der Waals surface area contributed by atoms with Crippen molar-refractivity contribution >= 4 is 11.7 Å². The summed E-state index contributed by atoms with van der Waals surface area (Å²) in [6.45, 7) is 3.56. The molecule has 0 aliphatic carbocycles. The molecular weight excluding hydrogens is 178 g/mol. The van der Waals surface area contributed by atoms with Gasteiger partial charge in [0.2, 0.25) is 0 Å². The van der Waals surface area contributed by atoms with Gasteiger partial charge >= 0.3 is 0 Å². The number of pyridine rings is 1. The van der Waals surface area contributed by atoms with Gasteiger partial charge in [0, 0.05) is 18.0 Å². The van der Waals surface area contributed by atoms with Gasteiger partial charge < -0.3 is 5.32 Å². The Morgan fingerprint density at radius 1 is 1.50 bits per heavy atom. The third kappa shape index (κ3) is 1.19. The van der Waals surface area contributed by atoms with E-state index in [-0.39, 0.29) is 5.91 Å². The van der Waals surface area contributed by atoms with Gasteiger partial charge in [-0.1, -0.05) is 6.07 Å². The lowest BCUT2D eigenvalue weighted by Crippen LogP contribution is -2.34. The van der Waals surface area contributed by atoms with E-state index in [1.54, 1.807) is 32.3 Å². The van der Waals surface area contributed by atoms with Crippen LogP contribution in [-0.4, -0.2) is 16.7 Å². The normalized spacial score (nSPS) is 25.9. The van der Waals surface area contributed by atoms with Gasteiger partial charge in [0.1, 0.15) is 5.84 Å². The van der Waals surface area contributed by atoms with Gasteiger partial charge in [0.25, 0.3) is 5.91 Å². The van der Waals surface area contributed by atoms with Gasteiger partial charge in [-0.3, -0.25) is 14.8 Å². The lowest BCUT2D eigenvalue weighted by molar-refractivity contribution is -0.123. The monoisotopic (exact) mass is 189 g/mol. The van der Waals surface area contributed by atoms with Gasteiger partial charge in [0.05, 0.1) is 0 Å². The van der Waals surface area contributed by atoms with Crippen LogP contribution in [0.5, 0.6) is 0 Å². The van der Waals surface area contributed by atoms with Crippen LogP contribution in [0.4, 0.5) is 0 Å². The fourth-order valence-electron chi connectivity index (χ4n) is 1.55. The molecule has 1 aromatic heterocycles. The van der Waals surface area contributed by atoms with E-state index in [0.717, 1.165) is 5.56 Å². The maximum atomic E-state index is 11.7. The molecule has 1 N–H and O–H groups in total. The van der Waals surface area contributed by atoms with E-state index >= 15 is 0 Å². The summed E-state index contributed by atoms with van der Waals surface area (Å²) in [6, 6.07) is 3.66. The second kappa shape index (κ2) is 2.90. The molecule has 1 aliphatic heterocycles. The van der Waals surface area contributed by atoms with Gasteiger partial charge in [-0.15, -0.1) is 0 Å². The topological polar surface area (TPSA) is 54.4 Å². The smallest absolute Gasteiger partial charge is 0.257 e. The van der Waals surface area contributed by atoms with Gasteiger partial charge in [-0.2, -0.15) is 0 Å². The van der Waals surface area contributed by atoms with Crippen LogP contribution >= 0.6 is 0 Å². The number of rotatable bonds is 1. The molecule has 1 atom stereocenters. The van der Waals surface area contributed by atoms with Crippen LogP contribution in [-0.2, 0) is 10.3 Å². The van der Waals surface area contributed by atoms with Gasteiger partial charge in [0.15, 0.2) is 5.54 Å². The first-order valence-corrected chi connectivity index (χ1v) is 4.41. The molecule has 0 unspecified atom stereocenters. The first kappa shape index (κ1) is 8.87. The number of amidine groups is 1. The van der Waals surface area contributed by atoms with Crippen LogP contribution in [0, 0.1) is 0 Å².